The van der Waals surface area contributed by atoms with E-state index in [4.69, 9.17) is 9.72 Å². The van der Waals surface area contributed by atoms with Crippen molar-refractivity contribution in [3.8, 4) is 11.4 Å². The van der Waals surface area contributed by atoms with E-state index in [1.54, 1.807) is 18.3 Å². The Kier molecular flexibility index (Phi) is 3.27. The summed E-state index contributed by atoms with van der Waals surface area (Å²) in [5, 5.41) is 9.80. The normalized spacial score (nSPS) is 18.6. The second-order valence-electron chi connectivity index (χ2n) is 5.53. The van der Waals surface area contributed by atoms with E-state index < -0.39 is 0 Å². The first kappa shape index (κ1) is 13.3. The standard InChI is InChI=1S/C17H17N3O2/c21-13-6-3-5-12(11-13)20-16-14(7-4-9-18-16)19-17(20)15-8-1-2-10-22-15/h3-7,9,11,15,21H,1-2,8,10H2. The Hall–Kier alpha value is -2.40. The van der Waals surface area contributed by atoms with Crippen molar-refractivity contribution in [3.05, 3.63) is 48.4 Å². The quantitative estimate of drug-likeness (QED) is 0.787. The van der Waals surface area contributed by atoms with Gasteiger partial charge in [0.05, 0.1) is 5.69 Å². The molecule has 112 valence electrons. The average molecular weight is 295 g/mol. The molecule has 1 aliphatic rings. The molecule has 0 bridgehead atoms. The fraction of sp³-hybridized carbons (Fsp3) is 0.294. The molecule has 0 aliphatic carbocycles. The van der Waals surface area contributed by atoms with E-state index in [2.05, 4.69) is 4.98 Å². The van der Waals surface area contributed by atoms with Gasteiger partial charge in [0.2, 0.25) is 0 Å². The molecular weight excluding hydrogens is 278 g/mol. The van der Waals surface area contributed by atoms with Crippen molar-refractivity contribution in [2.24, 2.45) is 0 Å². The molecule has 3 aromatic rings. The molecule has 1 aromatic carbocycles. The first-order valence-corrected chi connectivity index (χ1v) is 7.57. The second-order valence-corrected chi connectivity index (χ2v) is 5.53. The molecule has 2 aromatic heterocycles. The van der Waals surface area contributed by atoms with Crippen LogP contribution in [-0.2, 0) is 4.74 Å². The minimum Gasteiger partial charge on any atom is -0.508 e. The van der Waals surface area contributed by atoms with Gasteiger partial charge in [-0.2, -0.15) is 0 Å². The average Bonchev–Trinajstić information content (AvgIpc) is 2.95. The minimum absolute atomic E-state index is 0.0229. The van der Waals surface area contributed by atoms with Crippen LogP contribution in [-0.4, -0.2) is 26.2 Å². The Bertz CT molecular complexity index is 807. The van der Waals surface area contributed by atoms with Crippen molar-refractivity contribution in [1.29, 1.82) is 0 Å². The summed E-state index contributed by atoms with van der Waals surface area (Å²) in [5.41, 5.74) is 2.48. The summed E-state index contributed by atoms with van der Waals surface area (Å²) in [5.74, 6) is 1.09. The molecule has 1 atom stereocenters. The summed E-state index contributed by atoms with van der Waals surface area (Å²) in [7, 11) is 0. The van der Waals surface area contributed by atoms with Gasteiger partial charge in [0.15, 0.2) is 5.65 Å². The molecule has 3 heterocycles. The molecule has 1 saturated heterocycles. The van der Waals surface area contributed by atoms with Crippen molar-refractivity contribution in [2.45, 2.75) is 25.4 Å². The number of nitrogens with zero attached hydrogens (tertiary/aromatic N) is 3. The number of aromatic hydroxyl groups is 1. The maximum Gasteiger partial charge on any atom is 0.164 e. The van der Waals surface area contributed by atoms with E-state index >= 15 is 0 Å². The van der Waals surface area contributed by atoms with Crippen LogP contribution in [0.3, 0.4) is 0 Å². The van der Waals surface area contributed by atoms with Crippen LogP contribution in [0.1, 0.15) is 31.2 Å². The molecule has 0 spiro atoms. The van der Waals surface area contributed by atoms with Crippen molar-refractivity contribution in [2.75, 3.05) is 6.61 Å². The third-order valence-corrected chi connectivity index (χ3v) is 4.00. The van der Waals surface area contributed by atoms with Gasteiger partial charge in [-0.3, -0.25) is 4.57 Å². The van der Waals surface area contributed by atoms with Crippen LogP contribution in [0.2, 0.25) is 0 Å². The fourth-order valence-corrected chi connectivity index (χ4v) is 2.98. The van der Waals surface area contributed by atoms with Crippen LogP contribution < -0.4 is 0 Å². The van der Waals surface area contributed by atoms with Crippen molar-refractivity contribution < 1.29 is 9.84 Å². The molecule has 1 unspecified atom stereocenters. The molecule has 22 heavy (non-hydrogen) atoms. The van der Waals surface area contributed by atoms with Crippen LogP contribution in [0, 0.1) is 0 Å². The molecule has 1 fully saturated rings. The molecule has 4 rings (SSSR count). The monoisotopic (exact) mass is 295 g/mol. The lowest BCUT2D eigenvalue weighted by molar-refractivity contribution is 0.00886. The number of phenols is 1. The number of aromatic nitrogens is 3. The van der Waals surface area contributed by atoms with Gasteiger partial charge in [-0.1, -0.05) is 6.07 Å². The number of imidazole rings is 1. The summed E-state index contributed by atoms with van der Waals surface area (Å²) in [6.45, 7) is 0.765. The lowest BCUT2D eigenvalue weighted by Crippen LogP contribution is -2.16. The highest BCUT2D eigenvalue weighted by molar-refractivity contribution is 5.74. The topological polar surface area (TPSA) is 60.2 Å². The van der Waals surface area contributed by atoms with E-state index in [-0.39, 0.29) is 11.9 Å². The fourth-order valence-electron chi connectivity index (χ4n) is 2.98. The number of hydrogen-bond acceptors (Lipinski definition) is 4. The first-order chi connectivity index (χ1) is 10.8. The van der Waals surface area contributed by atoms with Crippen LogP contribution in [0.25, 0.3) is 16.9 Å². The Morgan fingerprint density at radius 1 is 1.18 bits per heavy atom. The highest BCUT2D eigenvalue weighted by Gasteiger charge is 2.24. The van der Waals surface area contributed by atoms with Gasteiger partial charge in [-0.05, 0) is 43.5 Å². The summed E-state index contributed by atoms with van der Waals surface area (Å²) in [6, 6.07) is 11.0. The number of hydrogen-bond donors (Lipinski definition) is 1. The Morgan fingerprint density at radius 3 is 2.95 bits per heavy atom. The predicted molar refractivity (Wildman–Crippen MR) is 83.1 cm³/mol. The van der Waals surface area contributed by atoms with Gasteiger partial charge >= 0.3 is 0 Å². The summed E-state index contributed by atoms with van der Waals surface area (Å²) in [4.78, 5) is 9.20. The van der Waals surface area contributed by atoms with Gasteiger partial charge in [0.1, 0.15) is 23.2 Å². The van der Waals surface area contributed by atoms with Crippen LogP contribution in [0.15, 0.2) is 42.6 Å². The third kappa shape index (κ3) is 2.23. The SMILES string of the molecule is Oc1cccc(-n2c(C3CCCCO3)nc3cccnc32)c1. The highest BCUT2D eigenvalue weighted by Crippen LogP contribution is 2.32. The zero-order valence-corrected chi connectivity index (χ0v) is 12.1. The number of rotatable bonds is 2. The van der Waals surface area contributed by atoms with Gasteiger partial charge in [-0.15, -0.1) is 0 Å². The Balaban J connectivity index is 1.93. The smallest absolute Gasteiger partial charge is 0.164 e. The number of fused-ring (bicyclic) bond motifs is 1. The molecular formula is C17H17N3O2. The lowest BCUT2D eigenvalue weighted by Gasteiger charge is -2.23. The van der Waals surface area contributed by atoms with E-state index in [1.807, 2.05) is 28.8 Å². The zero-order chi connectivity index (χ0) is 14.9. The predicted octanol–water partition coefficient (Wildman–Crippen LogP) is 3.37. The molecule has 0 radical (unpaired) electrons. The maximum absolute atomic E-state index is 9.80. The minimum atomic E-state index is -0.0229. The van der Waals surface area contributed by atoms with Crippen LogP contribution in [0.5, 0.6) is 5.75 Å². The van der Waals surface area contributed by atoms with Crippen molar-refractivity contribution >= 4 is 11.2 Å². The number of ether oxygens (including phenoxy) is 1. The van der Waals surface area contributed by atoms with E-state index in [0.29, 0.717) is 0 Å². The van der Waals surface area contributed by atoms with Gasteiger partial charge in [0, 0.05) is 18.9 Å². The van der Waals surface area contributed by atoms with Crippen molar-refractivity contribution in [3.63, 3.8) is 0 Å². The molecule has 5 heteroatoms. The van der Waals surface area contributed by atoms with Gasteiger partial charge in [-0.25, -0.2) is 9.97 Å². The summed E-state index contributed by atoms with van der Waals surface area (Å²) < 4.78 is 7.90. The second kappa shape index (κ2) is 5.42. The number of benzene rings is 1. The van der Waals surface area contributed by atoms with Crippen LogP contribution in [0.4, 0.5) is 0 Å². The molecule has 5 nitrogen and oxygen atoms in total. The molecule has 0 saturated carbocycles. The van der Waals surface area contributed by atoms with E-state index in [0.717, 1.165) is 48.5 Å². The van der Waals surface area contributed by atoms with Gasteiger partial charge in [0.25, 0.3) is 0 Å². The third-order valence-electron chi connectivity index (χ3n) is 4.00. The first-order valence-electron chi connectivity index (χ1n) is 7.57. The Morgan fingerprint density at radius 2 is 2.14 bits per heavy atom. The van der Waals surface area contributed by atoms with Gasteiger partial charge < -0.3 is 9.84 Å². The number of pyridine rings is 1. The maximum atomic E-state index is 9.80. The summed E-state index contributed by atoms with van der Waals surface area (Å²) in [6.07, 6.45) is 4.93. The molecule has 0 amide bonds. The molecule has 1 N–H and O–H groups in total. The largest absolute Gasteiger partial charge is 0.508 e. The van der Waals surface area contributed by atoms with Crippen molar-refractivity contribution in [1.82, 2.24) is 14.5 Å². The van der Waals surface area contributed by atoms with Crippen LogP contribution >= 0.6 is 0 Å². The highest BCUT2D eigenvalue weighted by atomic mass is 16.5. The Labute approximate surface area is 128 Å². The summed E-state index contributed by atoms with van der Waals surface area (Å²) >= 11 is 0. The zero-order valence-electron chi connectivity index (χ0n) is 12.1. The number of phenolic OH excluding ortho intramolecular Hbond substituents is 1. The lowest BCUT2D eigenvalue weighted by atomic mass is 10.1. The van der Waals surface area contributed by atoms with E-state index in [1.165, 1.54) is 0 Å². The van der Waals surface area contributed by atoms with E-state index in [9.17, 15) is 5.11 Å². The molecule has 1 aliphatic heterocycles.